The molecule has 2 aromatic rings. The number of rotatable bonds is 4. The third kappa shape index (κ3) is 3.31. The molecule has 0 aliphatic carbocycles. The summed E-state index contributed by atoms with van der Waals surface area (Å²) in [6.07, 6.45) is -0.0227. The number of nitrogens with zero attached hydrogens (tertiary/aromatic N) is 3. The second-order valence-electron chi connectivity index (χ2n) is 4.19. The van der Waals surface area contributed by atoms with Crippen molar-refractivity contribution in [1.82, 2.24) is 15.0 Å². The summed E-state index contributed by atoms with van der Waals surface area (Å²) in [6.45, 7) is 3.79. The molecule has 0 fully saturated rings. The van der Waals surface area contributed by atoms with Crippen molar-refractivity contribution >= 4 is 5.95 Å². The van der Waals surface area contributed by atoms with Crippen LogP contribution in [0.5, 0.6) is 11.8 Å². The summed E-state index contributed by atoms with van der Waals surface area (Å²) in [7, 11) is 1.62. The van der Waals surface area contributed by atoms with Gasteiger partial charge in [0.1, 0.15) is 5.75 Å². The monoisotopic (exact) mass is 260 g/mol. The number of ether oxygens (including phenoxy) is 2. The van der Waals surface area contributed by atoms with Crippen LogP contribution in [0.25, 0.3) is 11.4 Å². The van der Waals surface area contributed by atoms with E-state index in [-0.39, 0.29) is 18.1 Å². The number of benzene rings is 1. The van der Waals surface area contributed by atoms with Crippen molar-refractivity contribution < 1.29 is 9.47 Å². The maximum absolute atomic E-state index is 5.66. The first-order chi connectivity index (χ1) is 9.08. The van der Waals surface area contributed by atoms with Crippen molar-refractivity contribution in [2.75, 3.05) is 12.8 Å². The summed E-state index contributed by atoms with van der Waals surface area (Å²) < 4.78 is 10.5. The van der Waals surface area contributed by atoms with Gasteiger partial charge in [0.25, 0.3) is 0 Å². The van der Waals surface area contributed by atoms with Crippen LogP contribution >= 0.6 is 0 Å². The molecule has 0 spiro atoms. The molecule has 0 saturated heterocycles. The Hall–Kier alpha value is -2.37. The molecule has 2 N–H and O–H groups in total. The number of methoxy groups -OCH3 is 1. The molecule has 0 aliphatic rings. The highest BCUT2D eigenvalue weighted by Gasteiger charge is 2.09. The Labute approximate surface area is 111 Å². The minimum absolute atomic E-state index is 0.0227. The lowest BCUT2D eigenvalue weighted by molar-refractivity contribution is 0.222. The van der Waals surface area contributed by atoms with Gasteiger partial charge in [0.05, 0.1) is 13.2 Å². The lowest BCUT2D eigenvalue weighted by Crippen LogP contribution is -2.11. The number of hydrogen-bond acceptors (Lipinski definition) is 6. The van der Waals surface area contributed by atoms with Crippen LogP contribution in [0.2, 0.25) is 0 Å². The van der Waals surface area contributed by atoms with Gasteiger partial charge in [-0.25, -0.2) is 0 Å². The predicted octanol–water partition coefficient (Wildman–Crippen LogP) is 1.92. The van der Waals surface area contributed by atoms with Crippen LogP contribution in [0.4, 0.5) is 5.95 Å². The zero-order valence-corrected chi connectivity index (χ0v) is 11.1. The van der Waals surface area contributed by atoms with E-state index in [4.69, 9.17) is 15.2 Å². The van der Waals surface area contributed by atoms with E-state index in [1.807, 2.05) is 38.1 Å². The van der Waals surface area contributed by atoms with Gasteiger partial charge in [0.15, 0.2) is 5.82 Å². The first-order valence-corrected chi connectivity index (χ1v) is 5.91. The average Bonchev–Trinajstić information content (AvgIpc) is 2.37. The Balaban J connectivity index is 2.34. The third-order valence-corrected chi connectivity index (χ3v) is 2.32. The van der Waals surface area contributed by atoms with Crippen LogP contribution in [-0.4, -0.2) is 28.2 Å². The van der Waals surface area contributed by atoms with Gasteiger partial charge in [0.2, 0.25) is 5.95 Å². The van der Waals surface area contributed by atoms with Crippen molar-refractivity contribution in [3.8, 4) is 23.1 Å². The lowest BCUT2D eigenvalue weighted by atomic mass is 10.2. The summed E-state index contributed by atoms with van der Waals surface area (Å²) >= 11 is 0. The van der Waals surface area contributed by atoms with Gasteiger partial charge in [-0.15, -0.1) is 0 Å². The minimum Gasteiger partial charge on any atom is -0.497 e. The van der Waals surface area contributed by atoms with Crippen LogP contribution in [0.15, 0.2) is 24.3 Å². The van der Waals surface area contributed by atoms with Crippen molar-refractivity contribution in [3.63, 3.8) is 0 Å². The fourth-order valence-corrected chi connectivity index (χ4v) is 1.50. The molecular formula is C13H16N4O2. The first-order valence-electron chi connectivity index (χ1n) is 5.91. The standard InChI is InChI=1S/C13H16N4O2/c1-8(2)19-13-16-11(15-12(14)17-13)9-4-6-10(18-3)7-5-9/h4-8H,1-3H3,(H2,14,15,16,17). The zero-order valence-electron chi connectivity index (χ0n) is 11.1. The highest BCUT2D eigenvalue weighted by atomic mass is 16.5. The normalized spacial score (nSPS) is 10.5. The van der Waals surface area contributed by atoms with Gasteiger partial charge in [-0.2, -0.15) is 15.0 Å². The topological polar surface area (TPSA) is 83.2 Å². The summed E-state index contributed by atoms with van der Waals surface area (Å²) in [4.78, 5) is 12.3. The Kier molecular flexibility index (Phi) is 3.79. The van der Waals surface area contributed by atoms with Crippen LogP contribution in [0, 0.1) is 0 Å². The molecule has 1 aromatic carbocycles. The van der Waals surface area contributed by atoms with Crippen LogP contribution in [-0.2, 0) is 0 Å². The molecule has 6 heteroatoms. The van der Waals surface area contributed by atoms with Gasteiger partial charge in [-0.1, -0.05) is 0 Å². The number of hydrogen-bond donors (Lipinski definition) is 1. The highest BCUT2D eigenvalue weighted by molar-refractivity contribution is 5.57. The van der Waals surface area contributed by atoms with Crippen LogP contribution in [0.3, 0.4) is 0 Å². The molecule has 0 saturated carbocycles. The summed E-state index contributed by atoms with van der Waals surface area (Å²) in [5.41, 5.74) is 6.48. The number of nitrogens with two attached hydrogens (primary N) is 1. The molecule has 0 bridgehead atoms. The van der Waals surface area contributed by atoms with Gasteiger partial charge in [-0.3, -0.25) is 0 Å². The second kappa shape index (κ2) is 5.51. The number of anilines is 1. The molecule has 19 heavy (non-hydrogen) atoms. The number of aromatic nitrogens is 3. The van der Waals surface area contributed by atoms with Crippen molar-refractivity contribution in [2.45, 2.75) is 20.0 Å². The molecule has 0 unspecified atom stereocenters. The maximum Gasteiger partial charge on any atom is 0.322 e. The van der Waals surface area contributed by atoms with E-state index in [0.717, 1.165) is 11.3 Å². The van der Waals surface area contributed by atoms with Crippen molar-refractivity contribution in [1.29, 1.82) is 0 Å². The van der Waals surface area contributed by atoms with E-state index in [1.54, 1.807) is 7.11 Å². The number of nitrogen functional groups attached to an aromatic ring is 1. The lowest BCUT2D eigenvalue weighted by Gasteiger charge is -2.09. The van der Waals surface area contributed by atoms with E-state index in [0.29, 0.717) is 5.82 Å². The fraction of sp³-hybridized carbons (Fsp3) is 0.308. The Morgan fingerprint density at radius 2 is 1.74 bits per heavy atom. The fourth-order valence-electron chi connectivity index (χ4n) is 1.50. The van der Waals surface area contributed by atoms with Crippen LogP contribution in [0.1, 0.15) is 13.8 Å². The Morgan fingerprint density at radius 1 is 1.05 bits per heavy atom. The van der Waals surface area contributed by atoms with E-state index in [1.165, 1.54) is 0 Å². The molecule has 100 valence electrons. The Bertz CT molecular complexity index is 555. The van der Waals surface area contributed by atoms with Crippen molar-refractivity contribution in [2.24, 2.45) is 0 Å². The maximum atomic E-state index is 5.66. The second-order valence-corrected chi connectivity index (χ2v) is 4.19. The summed E-state index contributed by atoms with van der Waals surface area (Å²) in [5.74, 6) is 1.38. The summed E-state index contributed by atoms with van der Waals surface area (Å²) in [5, 5.41) is 0. The van der Waals surface area contributed by atoms with E-state index < -0.39 is 0 Å². The minimum atomic E-state index is -0.0227. The van der Waals surface area contributed by atoms with Gasteiger partial charge in [-0.05, 0) is 38.1 Å². The third-order valence-electron chi connectivity index (χ3n) is 2.32. The molecule has 1 heterocycles. The molecule has 2 rings (SSSR count). The molecule has 6 nitrogen and oxygen atoms in total. The molecule has 0 aliphatic heterocycles. The molecular weight excluding hydrogens is 244 g/mol. The highest BCUT2D eigenvalue weighted by Crippen LogP contribution is 2.21. The molecule has 0 atom stereocenters. The molecule has 0 radical (unpaired) electrons. The van der Waals surface area contributed by atoms with Gasteiger partial charge in [0, 0.05) is 5.56 Å². The molecule has 1 aromatic heterocycles. The van der Waals surface area contributed by atoms with E-state index >= 15 is 0 Å². The SMILES string of the molecule is COc1ccc(-c2nc(N)nc(OC(C)C)n2)cc1. The van der Waals surface area contributed by atoms with Gasteiger partial charge < -0.3 is 15.2 Å². The first kappa shape index (κ1) is 13.1. The van der Waals surface area contributed by atoms with Gasteiger partial charge >= 0.3 is 6.01 Å². The van der Waals surface area contributed by atoms with E-state index in [9.17, 15) is 0 Å². The largest absolute Gasteiger partial charge is 0.497 e. The zero-order chi connectivity index (χ0) is 13.8. The van der Waals surface area contributed by atoms with Crippen molar-refractivity contribution in [3.05, 3.63) is 24.3 Å². The average molecular weight is 260 g/mol. The predicted molar refractivity (Wildman–Crippen MR) is 72.0 cm³/mol. The molecule has 0 amide bonds. The van der Waals surface area contributed by atoms with Crippen LogP contribution < -0.4 is 15.2 Å². The smallest absolute Gasteiger partial charge is 0.322 e. The summed E-state index contributed by atoms with van der Waals surface area (Å²) in [6, 6.07) is 7.60. The quantitative estimate of drug-likeness (QED) is 0.904. The Morgan fingerprint density at radius 3 is 2.32 bits per heavy atom. The van der Waals surface area contributed by atoms with E-state index in [2.05, 4.69) is 15.0 Å².